The van der Waals surface area contributed by atoms with Crippen LogP contribution in [-0.2, 0) is 0 Å². The lowest BCUT2D eigenvalue weighted by Gasteiger charge is -1.98. The standard InChI is InChI=1S/C8H15F/c1-7(2)5-4-6-8(3)9/h6-7H,4-5H2,1-3H3/b8-6+. The molecule has 0 rings (SSSR count). The Labute approximate surface area is 56.8 Å². The molecule has 0 saturated carbocycles. The first kappa shape index (κ1) is 8.67. The maximum absolute atomic E-state index is 12.0. The number of halogens is 1. The van der Waals surface area contributed by atoms with Crippen LogP contribution >= 0.6 is 0 Å². The van der Waals surface area contributed by atoms with Gasteiger partial charge in [0.15, 0.2) is 0 Å². The first-order valence-corrected chi connectivity index (χ1v) is 3.45. The van der Waals surface area contributed by atoms with E-state index in [4.69, 9.17) is 0 Å². The van der Waals surface area contributed by atoms with Gasteiger partial charge in [0.05, 0.1) is 5.83 Å². The van der Waals surface area contributed by atoms with Crippen molar-refractivity contribution in [3.63, 3.8) is 0 Å². The molecule has 0 aliphatic rings. The molecule has 0 aromatic heterocycles. The predicted molar refractivity (Wildman–Crippen MR) is 38.9 cm³/mol. The van der Waals surface area contributed by atoms with Crippen LogP contribution in [0.25, 0.3) is 0 Å². The molecule has 0 aliphatic carbocycles. The van der Waals surface area contributed by atoms with Gasteiger partial charge in [0.25, 0.3) is 0 Å². The van der Waals surface area contributed by atoms with Crippen molar-refractivity contribution in [3.8, 4) is 0 Å². The first-order chi connectivity index (χ1) is 4.13. The molecule has 0 aromatic carbocycles. The summed E-state index contributed by atoms with van der Waals surface area (Å²) >= 11 is 0. The number of hydrogen-bond acceptors (Lipinski definition) is 0. The fourth-order valence-electron chi connectivity index (χ4n) is 0.616. The maximum atomic E-state index is 12.0. The van der Waals surface area contributed by atoms with Crippen molar-refractivity contribution in [2.75, 3.05) is 0 Å². The lowest BCUT2D eigenvalue weighted by atomic mass is 10.1. The van der Waals surface area contributed by atoms with Gasteiger partial charge in [0.2, 0.25) is 0 Å². The minimum Gasteiger partial charge on any atom is -0.212 e. The third-order valence-electron chi connectivity index (χ3n) is 1.17. The molecule has 0 amide bonds. The van der Waals surface area contributed by atoms with E-state index in [1.165, 1.54) is 6.92 Å². The summed E-state index contributed by atoms with van der Waals surface area (Å²) in [4.78, 5) is 0. The summed E-state index contributed by atoms with van der Waals surface area (Å²) in [6.07, 6.45) is 3.60. The topological polar surface area (TPSA) is 0 Å². The monoisotopic (exact) mass is 130 g/mol. The highest BCUT2D eigenvalue weighted by Gasteiger charge is 1.90. The Kier molecular flexibility index (Phi) is 4.37. The Bertz CT molecular complexity index is 88.7. The van der Waals surface area contributed by atoms with Gasteiger partial charge in [-0.15, -0.1) is 0 Å². The molecule has 0 heterocycles. The van der Waals surface area contributed by atoms with Crippen LogP contribution in [0.2, 0.25) is 0 Å². The molecule has 9 heavy (non-hydrogen) atoms. The van der Waals surface area contributed by atoms with Crippen LogP contribution < -0.4 is 0 Å². The van der Waals surface area contributed by atoms with Gasteiger partial charge in [-0.25, -0.2) is 4.39 Å². The molecule has 0 unspecified atom stereocenters. The van der Waals surface area contributed by atoms with E-state index in [2.05, 4.69) is 13.8 Å². The molecular formula is C8H15F. The fraction of sp³-hybridized carbons (Fsp3) is 0.750. The van der Waals surface area contributed by atoms with Gasteiger partial charge < -0.3 is 0 Å². The summed E-state index contributed by atoms with van der Waals surface area (Å²) in [5.41, 5.74) is 0. The Morgan fingerprint density at radius 1 is 1.56 bits per heavy atom. The molecule has 0 aromatic rings. The van der Waals surface area contributed by atoms with Crippen molar-refractivity contribution in [2.24, 2.45) is 5.92 Å². The van der Waals surface area contributed by atoms with Gasteiger partial charge in [-0.3, -0.25) is 0 Å². The van der Waals surface area contributed by atoms with Crippen LogP contribution in [-0.4, -0.2) is 0 Å². The smallest absolute Gasteiger partial charge is 0.0928 e. The van der Waals surface area contributed by atoms with Gasteiger partial charge in [-0.2, -0.15) is 0 Å². The SMILES string of the molecule is C/C(F)=C\CCC(C)C. The van der Waals surface area contributed by atoms with E-state index in [1.54, 1.807) is 6.08 Å². The van der Waals surface area contributed by atoms with Crippen LogP contribution in [0.15, 0.2) is 11.9 Å². The lowest BCUT2D eigenvalue weighted by molar-refractivity contribution is 0.578. The van der Waals surface area contributed by atoms with E-state index in [9.17, 15) is 4.39 Å². The Morgan fingerprint density at radius 2 is 2.11 bits per heavy atom. The third-order valence-corrected chi connectivity index (χ3v) is 1.17. The average molecular weight is 130 g/mol. The van der Waals surface area contributed by atoms with Crippen LogP contribution in [0.5, 0.6) is 0 Å². The number of rotatable bonds is 3. The molecule has 0 N–H and O–H groups in total. The molecule has 54 valence electrons. The second kappa shape index (κ2) is 4.54. The fourth-order valence-corrected chi connectivity index (χ4v) is 0.616. The summed E-state index contributed by atoms with van der Waals surface area (Å²) < 4.78 is 12.0. The molecule has 0 fully saturated rings. The van der Waals surface area contributed by atoms with E-state index in [-0.39, 0.29) is 5.83 Å². The van der Waals surface area contributed by atoms with Crippen LogP contribution in [0.4, 0.5) is 4.39 Å². The minimum absolute atomic E-state index is 0.0596. The number of allylic oxidation sites excluding steroid dienone is 2. The van der Waals surface area contributed by atoms with E-state index in [0.29, 0.717) is 5.92 Å². The second-order valence-corrected chi connectivity index (χ2v) is 2.76. The molecule has 0 radical (unpaired) electrons. The van der Waals surface area contributed by atoms with Crippen LogP contribution in [0.3, 0.4) is 0 Å². The van der Waals surface area contributed by atoms with Crippen molar-refractivity contribution < 1.29 is 4.39 Å². The normalized spacial score (nSPS) is 12.8. The summed E-state index contributed by atoms with van der Waals surface area (Å²) in [6.45, 7) is 5.77. The zero-order valence-corrected chi connectivity index (χ0v) is 6.45. The summed E-state index contributed by atoms with van der Waals surface area (Å²) in [5.74, 6) is 0.622. The Morgan fingerprint density at radius 3 is 2.44 bits per heavy atom. The lowest BCUT2D eigenvalue weighted by Crippen LogP contribution is -1.83. The summed E-state index contributed by atoms with van der Waals surface area (Å²) in [5, 5.41) is 0. The van der Waals surface area contributed by atoms with E-state index < -0.39 is 0 Å². The summed E-state index contributed by atoms with van der Waals surface area (Å²) in [6, 6.07) is 0. The van der Waals surface area contributed by atoms with Crippen LogP contribution in [0.1, 0.15) is 33.6 Å². The molecule has 0 spiro atoms. The highest BCUT2D eigenvalue weighted by molar-refractivity contribution is 4.86. The van der Waals surface area contributed by atoms with Crippen molar-refractivity contribution >= 4 is 0 Å². The molecule has 0 atom stereocenters. The highest BCUT2D eigenvalue weighted by atomic mass is 19.1. The van der Waals surface area contributed by atoms with Crippen molar-refractivity contribution in [1.29, 1.82) is 0 Å². The van der Waals surface area contributed by atoms with Gasteiger partial charge in [-0.05, 0) is 25.7 Å². The highest BCUT2D eigenvalue weighted by Crippen LogP contribution is 2.06. The van der Waals surface area contributed by atoms with E-state index in [1.807, 2.05) is 0 Å². The maximum Gasteiger partial charge on any atom is 0.0928 e. The van der Waals surface area contributed by atoms with Crippen molar-refractivity contribution in [3.05, 3.63) is 11.9 Å². The van der Waals surface area contributed by atoms with Gasteiger partial charge in [0, 0.05) is 0 Å². The largest absolute Gasteiger partial charge is 0.212 e. The van der Waals surface area contributed by atoms with E-state index >= 15 is 0 Å². The molecule has 0 nitrogen and oxygen atoms in total. The van der Waals surface area contributed by atoms with Gasteiger partial charge in [0.1, 0.15) is 0 Å². The third kappa shape index (κ3) is 7.67. The first-order valence-electron chi connectivity index (χ1n) is 3.45. The zero-order chi connectivity index (χ0) is 7.28. The van der Waals surface area contributed by atoms with Crippen LogP contribution in [0, 0.1) is 5.92 Å². The second-order valence-electron chi connectivity index (χ2n) is 2.76. The van der Waals surface area contributed by atoms with Crippen molar-refractivity contribution in [2.45, 2.75) is 33.6 Å². The molecular weight excluding hydrogens is 115 g/mol. The van der Waals surface area contributed by atoms with Gasteiger partial charge >= 0.3 is 0 Å². The molecule has 1 heteroatoms. The molecule has 0 saturated heterocycles. The van der Waals surface area contributed by atoms with Gasteiger partial charge in [-0.1, -0.05) is 19.9 Å². The van der Waals surface area contributed by atoms with E-state index in [0.717, 1.165) is 12.8 Å². The molecule has 0 aliphatic heterocycles. The number of hydrogen-bond donors (Lipinski definition) is 0. The summed E-state index contributed by atoms with van der Waals surface area (Å²) in [7, 11) is 0. The molecule has 0 bridgehead atoms. The zero-order valence-electron chi connectivity index (χ0n) is 6.45. The minimum atomic E-state index is -0.0596. The Balaban J connectivity index is 3.20. The average Bonchev–Trinajstić information content (AvgIpc) is 1.63. The van der Waals surface area contributed by atoms with Crippen molar-refractivity contribution in [1.82, 2.24) is 0 Å². The Hall–Kier alpha value is -0.330. The quantitative estimate of drug-likeness (QED) is 0.550. The predicted octanol–water partition coefficient (Wildman–Crippen LogP) is 3.30.